The average molecular weight is 222 g/mol. The minimum absolute atomic E-state index is 0.124. The van der Waals surface area contributed by atoms with Crippen LogP contribution in [0.5, 0.6) is 0 Å². The molecule has 0 aromatic rings. The smallest absolute Gasteiger partial charge is 0.346 e. The van der Waals surface area contributed by atoms with Gasteiger partial charge < -0.3 is 10.6 Å². The van der Waals surface area contributed by atoms with Crippen LogP contribution >= 0.6 is 0 Å². The molecule has 15 heavy (non-hydrogen) atoms. The van der Waals surface area contributed by atoms with Crippen molar-refractivity contribution in [3.8, 4) is 11.8 Å². The zero-order valence-electron chi connectivity index (χ0n) is 8.37. The third kappa shape index (κ3) is 10.7. The fraction of sp³-hybridized carbons (Fsp3) is 0.667. The normalized spacial score (nSPS) is 10.4. The Kier molecular flexibility index (Phi) is 6.54. The minimum atomic E-state index is -4.36. The molecule has 86 valence electrons. The van der Waals surface area contributed by atoms with Gasteiger partial charge in [0.15, 0.2) is 0 Å². The molecule has 0 saturated carbocycles. The molecule has 2 N–H and O–H groups in total. The van der Waals surface area contributed by atoms with Crippen molar-refractivity contribution >= 4 is 5.91 Å². The first-order valence-corrected chi connectivity index (χ1v) is 4.39. The Hall–Kier alpha value is -1.22. The van der Waals surface area contributed by atoms with E-state index in [4.69, 9.17) is 0 Å². The Balaban J connectivity index is 3.45. The van der Waals surface area contributed by atoms with E-state index in [9.17, 15) is 18.0 Å². The van der Waals surface area contributed by atoms with Crippen LogP contribution < -0.4 is 10.6 Å². The van der Waals surface area contributed by atoms with Crippen LogP contribution in [-0.2, 0) is 4.79 Å². The molecule has 0 atom stereocenters. The molecule has 0 aromatic heterocycles. The van der Waals surface area contributed by atoms with E-state index >= 15 is 0 Å². The summed E-state index contributed by atoms with van der Waals surface area (Å²) in [6.07, 6.45) is -3.79. The van der Waals surface area contributed by atoms with Crippen molar-refractivity contribution in [2.45, 2.75) is 19.5 Å². The number of carbonyl (C=O) groups excluding carboxylic acids is 1. The fourth-order valence-corrected chi connectivity index (χ4v) is 0.739. The number of hydrogen-bond donors (Lipinski definition) is 2. The van der Waals surface area contributed by atoms with Crippen molar-refractivity contribution in [1.82, 2.24) is 10.6 Å². The van der Waals surface area contributed by atoms with Crippen LogP contribution in [0.1, 0.15) is 13.3 Å². The Bertz CT molecular complexity index is 252. The highest BCUT2D eigenvalue weighted by atomic mass is 19.4. The number of amides is 1. The van der Waals surface area contributed by atoms with E-state index in [2.05, 4.69) is 17.2 Å². The minimum Gasteiger partial charge on any atom is -0.346 e. The van der Waals surface area contributed by atoms with Crippen LogP contribution in [0.3, 0.4) is 0 Å². The summed E-state index contributed by atoms with van der Waals surface area (Å²) >= 11 is 0. The van der Waals surface area contributed by atoms with Crippen molar-refractivity contribution in [1.29, 1.82) is 0 Å². The summed E-state index contributed by atoms with van der Waals surface area (Å²) in [5.41, 5.74) is 0. The maximum absolute atomic E-state index is 11.7. The lowest BCUT2D eigenvalue weighted by Gasteiger charge is -2.08. The zero-order valence-corrected chi connectivity index (χ0v) is 8.37. The van der Waals surface area contributed by atoms with E-state index in [-0.39, 0.29) is 6.54 Å². The summed E-state index contributed by atoms with van der Waals surface area (Å²) in [6.45, 7) is 0.764. The van der Waals surface area contributed by atoms with E-state index in [0.29, 0.717) is 13.0 Å². The van der Waals surface area contributed by atoms with Crippen molar-refractivity contribution < 1.29 is 18.0 Å². The monoisotopic (exact) mass is 222 g/mol. The average Bonchev–Trinajstić information content (AvgIpc) is 2.13. The second-order valence-electron chi connectivity index (χ2n) is 2.75. The predicted octanol–water partition coefficient (Wildman–Crippen LogP) is 0.668. The molecule has 1 amide bonds. The SMILES string of the molecule is CC#CCCNCC(=O)NCC(F)(F)F. The molecule has 0 aliphatic carbocycles. The highest BCUT2D eigenvalue weighted by Gasteiger charge is 2.27. The van der Waals surface area contributed by atoms with E-state index in [1.54, 1.807) is 12.2 Å². The Morgan fingerprint density at radius 2 is 2.07 bits per heavy atom. The van der Waals surface area contributed by atoms with Crippen LogP contribution in [0, 0.1) is 11.8 Å². The number of rotatable bonds is 5. The van der Waals surface area contributed by atoms with Crippen molar-refractivity contribution in [3.63, 3.8) is 0 Å². The lowest BCUT2D eigenvalue weighted by molar-refractivity contribution is -0.137. The second kappa shape index (κ2) is 7.12. The maximum Gasteiger partial charge on any atom is 0.405 e. The predicted molar refractivity (Wildman–Crippen MR) is 50.0 cm³/mol. The van der Waals surface area contributed by atoms with E-state index in [1.807, 2.05) is 0 Å². The third-order valence-corrected chi connectivity index (χ3v) is 1.38. The lowest BCUT2D eigenvalue weighted by Crippen LogP contribution is -2.39. The van der Waals surface area contributed by atoms with Gasteiger partial charge in [0.05, 0.1) is 6.54 Å². The van der Waals surface area contributed by atoms with Crippen LogP contribution in [0.2, 0.25) is 0 Å². The molecule has 0 saturated heterocycles. The van der Waals surface area contributed by atoms with Gasteiger partial charge in [-0.1, -0.05) is 0 Å². The molecule has 6 heteroatoms. The summed E-state index contributed by atoms with van der Waals surface area (Å²) < 4.78 is 35.0. The number of halogens is 3. The van der Waals surface area contributed by atoms with Gasteiger partial charge in [-0.05, 0) is 6.92 Å². The van der Waals surface area contributed by atoms with Crippen LogP contribution in [0.4, 0.5) is 13.2 Å². The quantitative estimate of drug-likeness (QED) is 0.530. The summed E-state index contributed by atoms with van der Waals surface area (Å²) in [7, 11) is 0. The molecule has 0 aliphatic rings. The highest BCUT2D eigenvalue weighted by Crippen LogP contribution is 2.11. The molecule has 0 spiro atoms. The summed E-state index contributed by atoms with van der Waals surface area (Å²) in [6, 6.07) is 0. The third-order valence-electron chi connectivity index (χ3n) is 1.38. The molecule has 0 radical (unpaired) electrons. The van der Waals surface area contributed by atoms with Gasteiger partial charge in [0.25, 0.3) is 0 Å². The lowest BCUT2D eigenvalue weighted by atomic mass is 10.4. The standard InChI is InChI=1S/C9H13F3N2O/c1-2-3-4-5-13-6-8(15)14-7-9(10,11)12/h13H,4-7H2,1H3,(H,14,15). The zero-order chi connectivity index (χ0) is 11.7. The van der Waals surface area contributed by atoms with Gasteiger partial charge in [-0.25, -0.2) is 0 Å². The first kappa shape index (κ1) is 13.8. The van der Waals surface area contributed by atoms with Gasteiger partial charge in [0.2, 0.25) is 5.91 Å². The largest absolute Gasteiger partial charge is 0.405 e. The van der Waals surface area contributed by atoms with E-state index in [0.717, 1.165) is 0 Å². The molecular weight excluding hydrogens is 209 g/mol. The second-order valence-corrected chi connectivity index (χ2v) is 2.75. The molecule has 0 aromatic carbocycles. The molecule has 0 bridgehead atoms. The number of carbonyl (C=O) groups is 1. The van der Waals surface area contributed by atoms with E-state index < -0.39 is 18.6 Å². The molecule has 0 rings (SSSR count). The van der Waals surface area contributed by atoms with Crippen LogP contribution in [0.15, 0.2) is 0 Å². The number of alkyl halides is 3. The Morgan fingerprint density at radius 3 is 2.60 bits per heavy atom. The Labute approximate surface area is 86.4 Å². The van der Waals surface area contributed by atoms with Gasteiger partial charge in [-0.15, -0.1) is 11.8 Å². The molecule has 0 aliphatic heterocycles. The fourth-order valence-electron chi connectivity index (χ4n) is 0.739. The topological polar surface area (TPSA) is 41.1 Å². The summed E-state index contributed by atoms with van der Waals surface area (Å²) in [5.74, 6) is 4.75. The Morgan fingerprint density at radius 1 is 1.40 bits per heavy atom. The van der Waals surface area contributed by atoms with Gasteiger partial charge in [0.1, 0.15) is 6.54 Å². The number of hydrogen-bond acceptors (Lipinski definition) is 2. The molecule has 0 unspecified atom stereocenters. The summed E-state index contributed by atoms with van der Waals surface area (Å²) in [4.78, 5) is 10.8. The van der Waals surface area contributed by atoms with Gasteiger partial charge in [-0.2, -0.15) is 13.2 Å². The first-order valence-electron chi connectivity index (χ1n) is 4.39. The first-order chi connectivity index (χ1) is 6.95. The molecular formula is C9H13F3N2O. The van der Waals surface area contributed by atoms with Crippen LogP contribution in [0.25, 0.3) is 0 Å². The molecule has 0 fully saturated rings. The van der Waals surface area contributed by atoms with Crippen molar-refractivity contribution in [2.75, 3.05) is 19.6 Å². The molecule has 3 nitrogen and oxygen atoms in total. The highest BCUT2D eigenvalue weighted by molar-refractivity contribution is 5.77. The van der Waals surface area contributed by atoms with Gasteiger partial charge in [-0.3, -0.25) is 4.79 Å². The maximum atomic E-state index is 11.7. The van der Waals surface area contributed by atoms with Crippen molar-refractivity contribution in [3.05, 3.63) is 0 Å². The van der Waals surface area contributed by atoms with Gasteiger partial charge >= 0.3 is 6.18 Å². The van der Waals surface area contributed by atoms with Gasteiger partial charge in [0, 0.05) is 13.0 Å². The van der Waals surface area contributed by atoms with Crippen LogP contribution in [-0.4, -0.2) is 31.7 Å². The van der Waals surface area contributed by atoms with Crippen molar-refractivity contribution in [2.24, 2.45) is 0 Å². The summed E-state index contributed by atoms with van der Waals surface area (Å²) in [5, 5.41) is 4.43. The molecule has 0 heterocycles. The number of nitrogens with one attached hydrogen (secondary N) is 2. The van der Waals surface area contributed by atoms with E-state index in [1.165, 1.54) is 0 Å².